The van der Waals surface area contributed by atoms with Gasteiger partial charge in [-0.3, -0.25) is 0 Å². The molecule has 1 atom stereocenters. The molecule has 0 radical (unpaired) electrons. The third-order valence-electron chi connectivity index (χ3n) is 4.09. The van der Waals surface area contributed by atoms with Crippen LogP contribution < -0.4 is 5.32 Å². The molecule has 2 nitrogen and oxygen atoms in total. The van der Waals surface area contributed by atoms with Crippen molar-refractivity contribution in [3.8, 4) is 0 Å². The fourth-order valence-corrected chi connectivity index (χ4v) is 2.71. The summed E-state index contributed by atoms with van der Waals surface area (Å²) in [4.78, 5) is 2.70. The first-order valence-electron chi connectivity index (χ1n) is 6.24. The number of nitrogens with one attached hydrogen (secondary N) is 1. The predicted molar refractivity (Wildman–Crippen MR) is 60.5 cm³/mol. The van der Waals surface area contributed by atoms with Crippen molar-refractivity contribution in [3.63, 3.8) is 0 Å². The lowest BCUT2D eigenvalue weighted by Gasteiger charge is -2.33. The van der Waals surface area contributed by atoms with Gasteiger partial charge in [0.25, 0.3) is 0 Å². The molecule has 0 spiro atoms. The zero-order valence-electron chi connectivity index (χ0n) is 9.68. The van der Waals surface area contributed by atoms with Crippen molar-refractivity contribution in [2.24, 2.45) is 5.41 Å². The lowest BCUT2D eigenvalue weighted by Crippen LogP contribution is -2.40. The van der Waals surface area contributed by atoms with Gasteiger partial charge in [-0.15, -0.1) is 0 Å². The van der Waals surface area contributed by atoms with Gasteiger partial charge in [0, 0.05) is 19.1 Å². The van der Waals surface area contributed by atoms with Crippen LogP contribution in [0.15, 0.2) is 0 Å². The van der Waals surface area contributed by atoms with Crippen molar-refractivity contribution in [1.29, 1.82) is 0 Å². The van der Waals surface area contributed by atoms with Crippen LogP contribution in [-0.4, -0.2) is 37.1 Å². The second-order valence-electron chi connectivity index (χ2n) is 5.07. The average Bonchev–Trinajstić information content (AvgIpc) is 2.96. The Hall–Kier alpha value is -0.0800. The molecule has 0 bridgehead atoms. The maximum absolute atomic E-state index is 3.53. The maximum Gasteiger partial charge on any atom is 0.00965 e. The number of nitrogens with zero attached hydrogens (tertiary/aromatic N) is 1. The first-order chi connectivity index (χ1) is 6.79. The Morgan fingerprint density at radius 2 is 2.14 bits per heavy atom. The van der Waals surface area contributed by atoms with Gasteiger partial charge >= 0.3 is 0 Å². The number of rotatable bonds is 5. The fourth-order valence-electron chi connectivity index (χ4n) is 2.71. The lowest BCUT2D eigenvalue weighted by molar-refractivity contribution is 0.157. The molecule has 2 fully saturated rings. The van der Waals surface area contributed by atoms with Crippen LogP contribution in [0.3, 0.4) is 0 Å². The van der Waals surface area contributed by atoms with Gasteiger partial charge in [-0.05, 0) is 44.2 Å². The quantitative estimate of drug-likeness (QED) is 0.722. The van der Waals surface area contributed by atoms with E-state index in [2.05, 4.69) is 24.1 Å². The monoisotopic (exact) mass is 196 g/mol. The molecule has 82 valence electrons. The van der Waals surface area contributed by atoms with E-state index in [0.29, 0.717) is 5.41 Å². The fraction of sp³-hybridized carbons (Fsp3) is 1.00. The Morgan fingerprint density at radius 1 is 1.36 bits per heavy atom. The van der Waals surface area contributed by atoms with Crippen molar-refractivity contribution in [1.82, 2.24) is 10.2 Å². The Labute approximate surface area is 88.1 Å². The van der Waals surface area contributed by atoms with E-state index in [1.807, 2.05) is 0 Å². The zero-order valence-corrected chi connectivity index (χ0v) is 9.68. The summed E-state index contributed by atoms with van der Waals surface area (Å²) in [6.07, 6.45) is 5.61. The van der Waals surface area contributed by atoms with Crippen LogP contribution in [0, 0.1) is 5.41 Å². The van der Waals surface area contributed by atoms with Gasteiger partial charge in [-0.2, -0.15) is 0 Å². The molecular weight excluding hydrogens is 172 g/mol. The van der Waals surface area contributed by atoms with Gasteiger partial charge in [0.05, 0.1) is 0 Å². The molecule has 2 aliphatic rings. The second kappa shape index (κ2) is 4.19. The molecule has 1 aliphatic heterocycles. The molecule has 0 aromatic rings. The summed E-state index contributed by atoms with van der Waals surface area (Å²) >= 11 is 0. The van der Waals surface area contributed by atoms with Crippen molar-refractivity contribution < 1.29 is 0 Å². The highest BCUT2D eigenvalue weighted by atomic mass is 15.2. The molecule has 1 N–H and O–H groups in total. The summed E-state index contributed by atoms with van der Waals surface area (Å²) in [6.45, 7) is 9.71. The molecule has 1 unspecified atom stereocenters. The van der Waals surface area contributed by atoms with E-state index in [0.717, 1.165) is 6.04 Å². The van der Waals surface area contributed by atoms with E-state index in [1.165, 1.54) is 51.9 Å². The molecule has 1 saturated carbocycles. The van der Waals surface area contributed by atoms with Crippen LogP contribution in [0.25, 0.3) is 0 Å². The van der Waals surface area contributed by atoms with Crippen molar-refractivity contribution in [2.75, 3.05) is 26.2 Å². The van der Waals surface area contributed by atoms with Gasteiger partial charge < -0.3 is 10.2 Å². The molecule has 0 amide bonds. The standard InChI is InChI=1S/C12H24N2/c1-3-12(7-8-13-9-12)10-14(4-2)11-5-6-11/h11,13H,3-10H2,1-2H3. The molecule has 1 saturated heterocycles. The Kier molecular flexibility index (Phi) is 3.13. The summed E-state index contributed by atoms with van der Waals surface area (Å²) in [5.41, 5.74) is 0.596. The Balaban J connectivity index is 1.91. The molecule has 2 heteroatoms. The van der Waals surface area contributed by atoms with Gasteiger partial charge in [-0.25, -0.2) is 0 Å². The predicted octanol–water partition coefficient (Wildman–Crippen LogP) is 1.86. The largest absolute Gasteiger partial charge is 0.316 e. The molecule has 1 heterocycles. The summed E-state index contributed by atoms with van der Waals surface area (Å²) < 4.78 is 0. The third kappa shape index (κ3) is 2.12. The SMILES string of the molecule is CCN(CC1(CC)CCNC1)C1CC1. The van der Waals surface area contributed by atoms with Crippen LogP contribution in [0.4, 0.5) is 0 Å². The minimum Gasteiger partial charge on any atom is -0.316 e. The average molecular weight is 196 g/mol. The highest BCUT2D eigenvalue weighted by Gasteiger charge is 2.37. The zero-order chi connectivity index (χ0) is 10.0. The normalized spacial score (nSPS) is 32.8. The van der Waals surface area contributed by atoms with Crippen LogP contribution >= 0.6 is 0 Å². The minimum atomic E-state index is 0.596. The van der Waals surface area contributed by atoms with Crippen LogP contribution in [0.2, 0.25) is 0 Å². The molecule has 14 heavy (non-hydrogen) atoms. The topological polar surface area (TPSA) is 15.3 Å². The summed E-state index contributed by atoms with van der Waals surface area (Å²) in [6, 6.07) is 0.934. The van der Waals surface area contributed by atoms with Gasteiger partial charge in [0.1, 0.15) is 0 Å². The highest BCUT2D eigenvalue weighted by Crippen LogP contribution is 2.35. The molecule has 0 aromatic heterocycles. The third-order valence-corrected chi connectivity index (χ3v) is 4.09. The van der Waals surface area contributed by atoms with E-state index >= 15 is 0 Å². The lowest BCUT2D eigenvalue weighted by atomic mass is 9.83. The van der Waals surface area contributed by atoms with Gasteiger partial charge in [0.15, 0.2) is 0 Å². The molecule has 0 aromatic carbocycles. The molecular formula is C12H24N2. The Bertz CT molecular complexity index is 181. The van der Waals surface area contributed by atoms with Crippen molar-refractivity contribution >= 4 is 0 Å². The van der Waals surface area contributed by atoms with Gasteiger partial charge in [-0.1, -0.05) is 13.8 Å². The van der Waals surface area contributed by atoms with Crippen LogP contribution in [-0.2, 0) is 0 Å². The molecule has 1 aliphatic carbocycles. The number of hydrogen-bond donors (Lipinski definition) is 1. The molecule has 2 rings (SSSR count). The van der Waals surface area contributed by atoms with Crippen molar-refractivity contribution in [3.05, 3.63) is 0 Å². The van der Waals surface area contributed by atoms with Gasteiger partial charge in [0.2, 0.25) is 0 Å². The summed E-state index contributed by atoms with van der Waals surface area (Å²) in [5.74, 6) is 0. The van der Waals surface area contributed by atoms with E-state index < -0.39 is 0 Å². The first kappa shape index (κ1) is 10.4. The van der Waals surface area contributed by atoms with Crippen molar-refractivity contribution in [2.45, 2.75) is 45.6 Å². The van der Waals surface area contributed by atoms with Crippen LogP contribution in [0.5, 0.6) is 0 Å². The number of hydrogen-bond acceptors (Lipinski definition) is 2. The smallest absolute Gasteiger partial charge is 0.00965 e. The summed E-state index contributed by atoms with van der Waals surface area (Å²) in [5, 5.41) is 3.53. The second-order valence-corrected chi connectivity index (χ2v) is 5.07. The minimum absolute atomic E-state index is 0.596. The maximum atomic E-state index is 3.53. The first-order valence-corrected chi connectivity index (χ1v) is 6.24. The van der Waals surface area contributed by atoms with E-state index in [-0.39, 0.29) is 0 Å². The van der Waals surface area contributed by atoms with Crippen LogP contribution in [0.1, 0.15) is 39.5 Å². The highest BCUT2D eigenvalue weighted by molar-refractivity contribution is 4.93. The van der Waals surface area contributed by atoms with E-state index in [4.69, 9.17) is 0 Å². The summed E-state index contributed by atoms with van der Waals surface area (Å²) in [7, 11) is 0. The van der Waals surface area contributed by atoms with E-state index in [1.54, 1.807) is 0 Å². The van der Waals surface area contributed by atoms with E-state index in [9.17, 15) is 0 Å². The Morgan fingerprint density at radius 3 is 2.57 bits per heavy atom.